The summed E-state index contributed by atoms with van der Waals surface area (Å²) in [6, 6.07) is 1.94. The van der Waals surface area contributed by atoms with Gasteiger partial charge in [-0.1, -0.05) is 11.6 Å². The molecule has 0 N–H and O–H groups in total. The van der Waals surface area contributed by atoms with Crippen molar-refractivity contribution in [2.24, 2.45) is 0 Å². The van der Waals surface area contributed by atoms with Gasteiger partial charge < -0.3 is 4.90 Å². The zero-order chi connectivity index (χ0) is 12.1. The summed E-state index contributed by atoms with van der Waals surface area (Å²) in [5.74, 6) is 0.111. The largest absolute Gasteiger partial charge is 0.353 e. The molecule has 1 aromatic heterocycles. The third kappa shape index (κ3) is 2.55. The van der Waals surface area contributed by atoms with Crippen LogP contribution in [0.4, 0.5) is 11.5 Å². The summed E-state index contributed by atoms with van der Waals surface area (Å²) in [5, 5.41) is 19.0. The van der Waals surface area contributed by atoms with E-state index in [0.29, 0.717) is 6.54 Å². The van der Waals surface area contributed by atoms with Crippen LogP contribution in [0, 0.1) is 21.4 Å². The summed E-state index contributed by atoms with van der Waals surface area (Å²) in [4.78, 5) is 19.0. The molecular formula is C8H8ClN5O2. The number of rotatable bonds is 4. The number of aromatic nitrogens is 2. The number of hydrogen-bond donors (Lipinski definition) is 0. The molecule has 1 rings (SSSR count). The minimum Gasteiger partial charge on any atom is -0.353 e. The predicted molar refractivity (Wildman–Crippen MR) is 57.2 cm³/mol. The van der Waals surface area contributed by atoms with Gasteiger partial charge in [-0.3, -0.25) is 10.1 Å². The van der Waals surface area contributed by atoms with Crippen LogP contribution in [0.15, 0.2) is 6.33 Å². The molecule has 1 aromatic rings. The highest BCUT2D eigenvalue weighted by molar-refractivity contribution is 6.31. The summed E-state index contributed by atoms with van der Waals surface area (Å²) < 4.78 is 0. The molecule has 0 unspecified atom stereocenters. The van der Waals surface area contributed by atoms with Crippen LogP contribution in [-0.4, -0.2) is 28.5 Å². The highest BCUT2D eigenvalue weighted by Gasteiger charge is 2.23. The molecule has 7 nitrogen and oxygen atoms in total. The molecule has 0 fully saturated rings. The fourth-order valence-electron chi connectivity index (χ4n) is 1.11. The third-order valence-corrected chi connectivity index (χ3v) is 2.14. The third-order valence-electron chi connectivity index (χ3n) is 1.86. The van der Waals surface area contributed by atoms with Gasteiger partial charge in [-0.15, -0.1) is 0 Å². The van der Waals surface area contributed by atoms with Gasteiger partial charge in [-0.2, -0.15) is 5.26 Å². The van der Waals surface area contributed by atoms with Crippen LogP contribution >= 0.6 is 11.6 Å². The standard InChI is InChI=1S/C8H8ClN5O2/c1-13(4-2-3-10)8-6(14(15)16)7(9)11-5-12-8/h5H,2,4H2,1H3. The second kappa shape index (κ2) is 5.23. The van der Waals surface area contributed by atoms with Gasteiger partial charge in [0.2, 0.25) is 11.0 Å². The summed E-state index contributed by atoms with van der Waals surface area (Å²) in [5.41, 5.74) is -0.343. The molecule has 0 bridgehead atoms. The molecule has 0 saturated heterocycles. The SMILES string of the molecule is CN(CCC#N)c1ncnc(Cl)c1[N+](=O)[O-]. The van der Waals surface area contributed by atoms with Crippen molar-refractivity contribution < 1.29 is 4.92 Å². The van der Waals surface area contributed by atoms with Crippen LogP contribution < -0.4 is 4.90 Å². The van der Waals surface area contributed by atoms with Gasteiger partial charge in [-0.05, 0) is 0 Å². The number of halogens is 1. The Balaban J connectivity index is 3.08. The molecule has 0 spiro atoms. The van der Waals surface area contributed by atoms with Crippen LogP contribution in [0.5, 0.6) is 0 Å². The Morgan fingerprint density at radius 2 is 2.38 bits per heavy atom. The van der Waals surface area contributed by atoms with Gasteiger partial charge in [-0.25, -0.2) is 9.97 Å². The van der Waals surface area contributed by atoms with Gasteiger partial charge in [0, 0.05) is 13.6 Å². The molecule has 0 atom stereocenters. The maximum absolute atomic E-state index is 10.8. The Morgan fingerprint density at radius 1 is 1.69 bits per heavy atom. The highest BCUT2D eigenvalue weighted by atomic mass is 35.5. The Bertz CT molecular complexity index is 445. The Hall–Kier alpha value is -1.94. The quantitative estimate of drug-likeness (QED) is 0.449. The number of anilines is 1. The van der Waals surface area contributed by atoms with Crippen molar-refractivity contribution in [3.05, 3.63) is 21.6 Å². The van der Waals surface area contributed by atoms with Crippen LogP contribution in [0.1, 0.15) is 6.42 Å². The zero-order valence-corrected chi connectivity index (χ0v) is 9.18. The van der Waals surface area contributed by atoms with Gasteiger partial charge in [0.25, 0.3) is 0 Å². The van der Waals surface area contributed by atoms with Gasteiger partial charge in [0.15, 0.2) is 0 Å². The molecule has 8 heteroatoms. The lowest BCUT2D eigenvalue weighted by atomic mass is 10.4. The van der Waals surface area contributed by atoms with Crippen molar-refractivity contribution in [2.75, 3.05) is 18.5 Å². The average molecular weight is 242 g/mol. The molecule has 16 heavy (non-hydrogen) atoms. The van der Waals surface area contributed by atoms with E-state index in [1.807, 2.05) is 6.07 Å². The average Bonchev–Trinajstić information content (AvgIpc) is 2.24. The second-order valence-corrected chi connectivity index (χ2v) is 3.28. The second-order valence-electron chi connectivity index (χ2n) is 2.92. The zero-order valence-electron chi connectivity index (χ0n) is 8.42. The van der Waals surface area contributed by atoms with E-state index >= 15 is 0 Å². The van der Waals surface area contributed by atoms with Gasteiger partial charge in [0.05, 0.1) is 17.4 Å². The first-order chi connectivity index (χ1) is 7.57. The molecule has 0 radical (unpaired) electrons. The minimum atomic E-state index is -0.638. The summed E-state index contributed by atoms with van der Waals surface area (Å²) in [6.45, 7) is 0.338. The molecule has 0 saturated carbocycles. The molecule has 1 heterocycles. The highest BCUT2D eigenvalue weighted by Crippen LogP contribution is 2.30. The first kappa shape index (κ1) is 12.1. The van der Waals surface area contributed by atoms with Crippen molar-refractivity contribution in [2.45, 2.75) is 6.42 Å². The Labute approximate surface area is 96.4 Å². The van der Waals surface area contributed by atoms with Crippen molar-refractivity contribution >= 4 is 23.1 Å². The Kier molecular flexibility index (Phi) is 3.96. The van der Waals surface area contributed by atoms with E-state index in [1.54, 1.807) is 7.05 Å². The van der Waals surface area contributed by atoms with Gasteiger partial charge in [0.1, 0.15) is 6.33 Å². The van der Waals surface area contributed by atoms with E-state index in [4.69, 9.17) is 16.9 Å². The molecule has 0 aliphatic carbocycles. The molecule has 0 aliphatic heterocycles. The van der Waals surface area contributed by atoms with Crippen molar-refractivity contribution in [1.82, 2.24) is 9.97 Å². The summed E-state index contributed by atoms with van der Waals surface area (Å²) in [7, 11) is 1.60. The molecule has 0 aromatic carbocycles. The van der Waals surface area contributed by atoms with Crippen LogP contribution in [0.2, 0.25) is 5.15 Å². The van der Waals surface area contributed by atoms with E-state index < -0.39 is 4.92 Å². The monoisotopic (exact) mass is 241 g/mol. The van der Waals surface area contributed by atoms with E-state index in [9.17, 15) is 10.1 Å². The minimum absolute atomic E-state index is 0.111. The number of nitro groups is 1. The van der Waals surface area contributed by atoms with E-state index in [1.165, 1.54) is 4.90 Å². The van der Waals surface area contributed by atoms with Crippen molar-refractivity contribution in [3.63, 3.8) is 0 Å². The van der Waals surface area contributed by atoms with E-state index in [-0.39, 0.29) is 23.1 Å². The molecule has 0 aliphatic rings. The van der Waals surface area contributed by atoms with Crippen molar-refractivity contribution in [3.8, 4) is 6.07 Å². The predicted octanol–water partition coefficient (Wildman–Crippen LogP) is 1.39. The van der Waals surface area contributed by atoms with Crippen LogP contribution in [0.25, 0.3) is 0 Å². The number of nitriles is 1. The Morgan fingerprint density at radius 3 is 2.94 bits per heavy atom. The van der Waals surface area contributed by atoms with Crippen LogP contribution in [-0.2, 0) is 0 Å². The van der Waals surface area contributed by atoms with E-state index in [0.717, 1.165) is 6.33 Å². The fourth-order valence-corrected chi connectivity index (χ4v) is 1.31. The maximum atomic E-state index is 10.8. The lowest BCUT2D eigenvalue weighted by Gasteiger charge is -2.15. The first-order valence-corrected chi connectivity index (χ1v) is 4.68. The first-order valence-electron chi connectivity index (χ1n) is 4.31. The maximum Gasteiger partial charge on any atom is 0.348 e. The lowest BCUT2D eigenvalue weighted by Crippen LogP contribution is -2.21. The number of hydrogen-bond acceptors (Lipinski definition) is 6. The molecular weight excluding hydrogens is 234 g/mol. The topological polar surface area (TPSA) is 96.0 Å². The lowest BCUT2D eigenvalue weighted by molar-refractivity contribution is -0.384. The normalized spacial score (nSPS) is 9.56. The smallest absolute Gasteiger partial charge is 0.348 e. The van der Waals surface area contributed by atoms with E-state index in [2.05, 4.69) is 9.97 Å². The molecule has 84 valence electrons. The number of nitrogens with zero attached hydrogens (tertiary/aromatic N) is 5. The summed E-state index contributed by atoms with van der Waals surface area (Å²) >= 11 is 5.62. The fraction of sp³-hybridized carbons (Fsp3) is 0.375. The molecule has 0 amide bonds. The van der Waals surface area contributed by atoms with Gasteiger partial charge >= 0.3 is 5.69 Å². The summed E-state index contributed by atoms with van der Waals surface area (Å²) in [6.07, 6.45) is 1.39. The van der Waals surface area contributed by atoms with Crippen molar-refractivity contribution in [1.29, 1.82) is 5.26 Å². The van der Waals surface area contributed by atoms with Crippen LogP contribution in [0.3, 0.4) is 0 Å².